The van der Waals surface area contributed by atoms with Crippen LogP contribution in [0.5, 0.6) is 0 Å². The number of halogens is 1. The van der Waals surface area contributed by atoms with Crippen molar-refractivity contribution in [1.82, 2.24) is 4.72 Å². The second kappa shape index (κ2) is 4.72. The van der Waals surface area contributed by atoms with Gasteiger partial charge in [-0.2, -0.15) is 0 Å². The van der Waals surface area contributed by atoms with Crippen molar-refractivity contribution in [3.05, 3.63) is 35.6 Å². The average molecular weight is 231 g/mol. The van der Waals surface area contributed by atoms with Gasteiger partial charge in [0.2, 0.25) is 10.0 Å². The summed E-state index contributed by atoms with van der Waals surface area (Å²) in [6, 6.07) is 5.84. The van der Waals surface area contributed by atoms with Crippen LogP contribution in [0.25, 0.3) is 0 Å². The van der Waals surface area contributed by atoms with Crippen molar-refractivity contribution in [2.24, 2.45) is 0 Å². The van der Waals surface area contributed by atoms with Gasteiger partial charge < -0.3 is 0 Å². The Kier molecular flexibility index (Phi) is 3.82. The summed E-state index contributed by atoms with van der Waals surface area (Å²) >= 11 is 0. The fraction of sp³-hybridized carbons (Fsp3) is 0.400. The van der Waals surface area contributed by atoms with E-state index in [4.69, 9.17) is 0 Å². The van der Waals surface area contributed by atoms with Crippen LogP contribution < -0.4 is 4.72 Å². The number of nitrogens with one attached hydrogen (secondary N) is 1. The summed E-state index contributed by atoms with van der Waals surface area (Å²) in [5.74, 6) is -0.289. The predicted octanol–water partition coefficient (Wildman–Crippen LogP) is 1.31. The molecule has 0 fully saturated rings. The largest absolute Gasteiger partial charge is 0.213 e. The molecule has 84 valence electrons. The zero-order valence-corrected chi connectivity index (χ0v) is 9.51. The maximum atomic E-state index is 12.6. The topological polar surface area (TPSA) is 46.2 Å². The van der Waals surface area contributed by atoms with Crippen LogP contribution in [0.4, 0.5) is 4.39 Å². The third-order valence-electron chi connectivity index (χ3n) is 1.87. The molecule has 5 heteroatoms. The lowest BCUT2D eigenvalue weighted by Gasteiger charge is -2.11. The van der Waals surface area contributed by atoms with Crippen LogP contribution in [0.3, 0.4) is 0 Å². The Labute approximate surface area is 89.4 Å². The fourth-order valence-corrected chi connectivity index (χ4v) is 2.20. The Morgan fingerprint density at radius 2 is 1.87 bits per heavy atom. The first kappa shape index (κ1) is 12.1. The van der Waals surface area contributed by atoms with Crippen molar-refractivity contribution in [2.45, 2.75) is 19.4 Å². The van der Waals surface area contributed by atoms with Crippen LogP contribution >= 0.6 is 0 Å². The fourth-order valence-electron chi connectivity index (χ4n) is 1.38. The monoisotopic (exact) mass is 231 g/mol. The average Bonchev–Trinajstić information content (AvgIpc) is 2.05. The lowest BCUT2D eigenvalue weighted by atomic mass is 10.1. The number of benzene rings is 1. The molecule has 0 bridgehead atoms. The molecule has 15 heavy (non-hydrogen) atoms. The molecular formula is C10H14FNO2S. The molecule has 0 radical (unpaired) electrons. The maximum absolute atomic E-state index is 12.6. The van der Waals surface area contributed by atoms with E-state index < -0.39 is 10.0 Å². The van der Waals surface area contributed by atoms with E-state index >= 15 is 0 Å². The van der Waals surface area contributed by atoms with E-state index in [9.17, 15) is 12.8 Å². The van der Waals surface area contributed by atoms with Gasteiger partial charge in [0.25, 0.3) is 0 Å². The lowest BCUT2D eigenvalue weighted by molar-refractivity contribution is 0.565. The van der Waals surface area contributed by atoms with Crippen molar-refractivity contribution in [2.75, 3.05) is 6.26 Å². The van der Waals surface area contributed by atoms with E-state index in [2.05, 4.69) is 4.72 Å². The van der Waals surface area contributed by atoms with E-state index in [1.807, 2.05) is 0 Å². The number of hydrogen-bond acceptors (Lipinski definition) is 2. The highest BCUT2D eigenvalue weighted by Gasteiger charge is 2.08. The van der Waals surface area contributed by atoms with E-state index in [1.165, 1.54) is 12.1 Å². The zero-order chi connectivity index (χ0) is 11.5. The van der Waals surface area contributed by atoms with Gasteiger partial charge in [0.05, 0.1) is 6.26 Å². The first-order valence-corrected chi connectivity index (χ1v) is 6.48. The van der Waals surface area contributed by atoms with Gasteiger partial charge in [-0.05, 0) is 31.0 Å². The summed E-state index contributed by atoms with van der Waals surface area (Å²) in [7, 11) is -3.18. The van der Waals surface area contributed by atoms with Gasteiger partial charge in [0.1, 0.15) is 5.82 Å². The molecule has 0 aromatic heterocycles. The van der Waals surface area contributed by atoms with Crippen molar-refractivity contribution in [1.29, 1.82) is 0 Å². The van der Waals surface area contributed by atoms with Gasteiger partial charge in [0.15, 0.2) is 0 Å². The highest BCUT2D eigenvalue weighted by atomic mass is 32.2. The third-order valence-corrected chi connectivity index (χ3v) is 2.70. The highest BCUT2D eigenvalue weighted by Crippen LogP contribution is 2.05. The molecule has 0 saturated heterocycles. The van der Waals surface area contributed by atoms with Gasteiger partial charge in [-0.25, -0.2) is 17.5 Å². The van der Waals surface area contributed by atoms with Crippen LogP contribution in [-0.4, -0.2) is 20.7 Å². The maximum Gasteiger partial charge on any atom is 0.208 e. The van der Waals surface area contributed by atoms with Crippen LogP contribution in [0.2, 0.25) is 0 Å². The molecule has 0 amide bonds. The molecule has 1 unspecified atom stereocenters. The Hall–Kier alpha value is -0.940. The molecule has 0 aliphatic rings. The van der Waals surface area contributed by atoms with E-state index in [-0.39, 0.29) is 11.9 Å². The normalized spacial score (nSPS) is 13.8. The smallest absolute Gasteiger partial charge is 0.208 e. The molecule has 0 heterocycles. The summed E-state index contributed by atoms with van der Waals surface area (Å²) in [5, 5.41) is 0. The van der Waals surface area contributed by atoms with Crippen LogP contribution in [-0.2, 0) is 16.4 Å². The number of sulfonamides is 1. The Morgan fingerprint density at radius 1 is 1.33 bits per heavy atom. The highest BCUT2D eigenvalue weighted by molar-refractivity contribution is 7.88. The zero-order valence-electron chi connectivity index (χ0n) is 8.70. The molecule has 3 nitrogen and oxygen atoms in total. The van der Waals surface area contributed by atoms with Crippen LogP contribution in [0, 0.1) is 5.82 Å². The Balaban J connectivity index is 2.59. The summed E-state index contributed by atoms with van der Waals surface area (Å²) < 4.78 is 36.9. The summed E-state index contributed by atoms with van der Waals surface area (Å²) in [5.41, 5.74) is 0.903. The van der Waals surface area contributed by atoms with Crippen molar-refractivity contribution in [3.63, 3.8) is 0 Å². The van der Waals surface area contributed by atoms with E-state index in [1.54, 1.807) is 19.1 Å². The molecule has 0 saturated carbocycles. The van der Waals surface area contributed by atoms with Crippen LogP contribution in [0.1, 0.15) is 12.5 Å². The molecular weight excluding hydrogens is 217 g/mol. The van der Waals surface area contributed by atoms with Gasteiger partial charge in [-0.3, -0.25) is 0 Å². The second-order valence-electron chi connectivity index (χ2n) is 3.62. The quantitative estimate of drug-likeness (QED) is 0.849. The molecule has 1 rings (SSSR count). The lowest BCUT2D eigenvalue weighted by Crippen LogP contribution is -2.33. The molecule has 0 spiro atoms. The minimum absolute atomic E-state index is 0.189. The van der Waals surface area contributed by atoms with Gasteiger partial charge >= 0.3 is 0 Å². The van der Waals surface area contributed by atoms with Gasteiger partial charge in [-0.15, -0.1) is 0 Å². The van der Waals surface area contributed by atoms with Crippen molar-refractivity contribution >= 4 is 10.0 Å². The number of hydrogen-bond donors (Lipinski definition) is 1. The van der Waals surface area contributed by atoms with E-state index in [0.717, 1.165) is 11.8 Å². The first-order chi connectivity index (χ1) is 6.87. The van der Waals surface area contributed by atoms with Gasteiger partial charge in [-0.1, -0.05) is 12.1 Å². The van der Waals surface area contributed by atoms with Gasteiger partial charge in [0, 0.05) is 6.04 Å². The SMILES string of the molecule is CC(Cc1ccc(F)cc1)NS(C)(=O)=O. The molecule has 1 aromatic carbocycles. The molecule has 1 atom stereocenters. The van der Waals surface area contributed by atoms with Crippen molar-refractivity contribution in [3.8, 4) is 0 Å². The Morgan fingerprint density at radius 3 is 2.33 bits per heavy atom. The standard InChI is InChI=1S/C10H14FNO2S/c1-8(12-15(2,13)14)7-9-3-5-10(11)6-4-9/h3-6,8,12H,7H2,1-2H3. The van der Waals surface area contributed by atoms with Crippen LogP contribution in [0.15, 0.2) is 24.3 Å². The molecule has 0 aliphatic heterocycles. The second-order valence-corrected chi connectivity index (χ2v) is 5.40. The minimum atomic E-state index is -3.18. The summed E-state index contributed by atoms with van der Waals surface area (Å²) in [6.07, 6.45) is 1.67. The molecule has 1 aromatic rings. The molecule has 0 aliphatic carbocycles. The number of rotatable bonds is 4. The molecule has 1 N–H and O–H groups in total. The van der Waals surface area contributed by atoms with E-state index in [0.29, 0.717) is 6.42 Å². The minimum Gasteiger partial charge on any atom is -0.213 e. The summed E-state index contributed by atoms with van der Waals surface area (Å²) in [6.45, 7) is 1.77. The summed E-state index contributed by atoms with van der Waals surface area (Å²) in [4.78, 5) is 0. The predicted molar refractivity (Wildman–Crippen MR) is 57.5 cm³/mol. The third kappa shape index (κ3) is 4.90. The first-order valence-electron chi connectivity index (χ1n) is 4.58. The Bertz CT molecular complexity index is 414. The van der Waals surface area contributed by atoms with Crippen molar-refractivity contribution < 1.29 is 12.8 Å².